The summed E-state index contributed by atoms with van der Waals surface area (Å²) in [5.74, 6) is 0. The molecule has 1 unspecified atom stereocenters. The molecule has 0 bridgehead atoms. The van der Waals surface area contributed by atoms with Crippen molar-refractivity contribution in [3.8, 4) is 0 Å². The second-order valence-electron chi connectivity index (χ2n) is 1.47. The van der Waals surface area contributed by atoms with Crippen LogP contribution < -0.4 is 5.32 Å². The molecular weight excluding hydrogens is 108 g/mol. The normalized spacial score (nSPS) is 30.7. The summed E-state index contributed by atoms with van der Waals surface area (Å²) >= 11 is 4.10. The standard InChI is InChI=1S/C4H8N2S/c7-4-3-5-1-2-6-4/h2,4-5,7H,1,3H2. The third kappa shape index (κ3) is 1.49. The molecule has 1 rings (SSSR count). The van der Waals surface area contributed by atoms with E-state index in [9.17, 15) is 0 Å². The van der Waals surface area contributed by atoms with Crippen LogP contribution in [0.25, 0.3) is 0 Å². The van der Waals surface area contributed by atoms with E-state index >= 15 is 0 Å². The number of aliphatic imine (C=N–C) groups is 1. The zero-order valence-electron chi connectivity index (χ0n) is 3.96. The summed E-state index contributed by atoms with van der Waals surface area (Å²) in [7, 11) is 0. The first-order valence-corrected chi connectivity index (χ1v) is 2.81. The number of rotatable bonds is 0. The van der Waals surface area contributed by atoms with Gasteiger partial charge in [-0.3, -0.25) is 4.99 Å². The number of nitrogens with one attached hydrogen (secondary N) is 1. The van der Waals surface area contributed by atoms with Crippen LogP contribution in [0.5, 0.6) is 0 Å². The van der Waals surface area contributed by atoms with Gasteiger partial charge in [-0.25, -0.2) is 0 Å². The second kappa shape index (κ2) is 2.33. The highest BCUT2D eigenvalue weighted by Crippen LogP contribution is 1.94. The summed E-state index contributed by atoms with van der Waals surface area (Å²) in [6.45, 7) is 1.80. The van der Waals surface area contributed by atoms with E-state index in [-0.39, 0.29) is 5.37 Å². The van der Waals surface area contributed by atoms with E-state index in [4.69, 9.17) is 0 Å². The molecule has 0 saturated carbocycles. The maximum absolute atomic E-state index is 4.10. The van der Waals surface area contributed by atoms with Crippen molar-refractivity contribution in [2.75, 3.05) is 13.1 Å². The van der Waals surface area contributed by atoms with E-state index in [1.54, 1.807) is 0 Å². The van der Waals surface area contributed by atoms with Crippen LogP contribution in [-0.4, -0.2) is 24.7 Å². The first-order valence-electron chi connectivity index (χ1n) is 2.30. The topological polar surface area (TPSA) is 24.4 Å². The van der Waals surface area contributed by atoms with Crippen LogP contribution in [0.1, 0.15) is 0 Å². The van der Waals surface area contributed by atoms with E-state index in [1.807, 2.05) is 6.21 Å². The predicted molar refractivity (Wildman–Crippen MR) is 34.1 cm³/mol. The molecule has 3 heteroatoms. The predicted octanol–water partition coefficient (Wildman–Crippen LogP) is -0.0837. The summed E-state index contributed by atoms with van der Waals surface area (Å²) in [5, 5.41) is 3.30. The molecule has 1 atom stereocenters. The largest absolute Gasteiger partial charge is 0.309 e. The quantitative estimate of drug-likeness (QED) is 0.425. The molecule has 7 heavy (non-hydrogen) atoms. The van der Waals surface area contributed by atoms with Gasteiger partial charge in [0.25, 0.3) is 0 Å². The lowest BCUT2D eigenvalue weighted by atomic mass is 10.5. The first-order chi connectivity index (χ1) is 3.39. The Morgan fingerprint density at radius 2 is 2.71 bits per heavy atom. The van der Waals surface area contributed by atoms with Gasteiger partial charge in [-0.1, -0.05) is 0 Å². The Labute approximate surface area is 48.4 Å². The van der Waals surface area contributed by atoms with Crippen molar-refractivity contribution in [1.82, 2.24) is 5.32 Å². The molecule has 1 N–H and O–H groups in total. The molecule has 1 heterocycles. The van der Waals surface area contributed by atoms with E-state index in [0.717, 1.165) is 13.1 Å². The Hall–Kier alpha value is -0.0200. The highest BCUT2D eigenvalue weighted by atomic mass is 32.1. The van der Waals surface area contributed by atoms with Crippen LogP contribution in [0, 0.1) is 0 Å². The molecule has 0 aliphatic carbocycles. The van der Waals surface area contributed by atoms with Crippen LogP contribution in [0.3, 0.4) is 0 Å². The average Bonchev–Trinajstić information content (AvgIpc) is 1.69. The lowest BCUT2D eigenvalue weighted by molar-refractivity contribution is 0.718. The van der Waals surface area contributed by atoms with Crippen molar-refractivity contribution < 1.29 is 0 Å². The van der Waals surface area contributed by atoms with Crippen molar-refractivity contribution >= 4 is 18.8 Å². The molecule has 0 saturated heterocycles. The Morgan fingerprint density at radius 1 is 1.86 bits per heavy atom. The maximum atomic E-state index is 4.10. The number of hydrogen-bond acceptors (Lipinski definition) is 3. The van der Waals surface area contributed by atoms with Crippen LogP contribution in [-0.2, 0) is 0 Å². The van der Waals surface area contributed by atoms with Gasteiger partial charge in [0.15, 0.2) is 0 Å². The summed E-state index contributed by atoms with van der Waals surface area (Å²) in [4.78, 5) is 4.01. The molecule has 1 aliphatic rings. The van der Waals surface area contributed by atoms with Gasteiger partial charge in [-0.15, -0.1) is 0 Å². The monoisotopic (exact) mass is 116 g/mol. The van der Waals surface area contributed by atoms with Crippen LogP contribution in [0.4, 0.5) is 0 Å². The van der Waals surface area contributed by atoms with Crippen LogP contribution in [0.2, 0.25) is 0 Å². The summed E-state index contributed by atoms with van der Waals surface area (Å²) in [6.07, 6.45) is 1.85. The van der Waals surface area contributed by atoms with Crippen LogP contribution >= 0.6 is 12.6 Å². The number of thiol groups is 1. The smallest absolute Gasteiger partial charge is 0.104 e. The average molecular weight is 116 g/mol. The van der Waals surface area contributed by atoms with Crippen molar-refractivity contribution in [2.45, 2.75) is 5.37 Å². The van der Waals surface area contributed by atoms with Gasteiger partial charge in [0.2, 0.25) is 0 Å². The highest BCUT2D eigenvalue weighted by Gasteiger charge is 1.99. The molecule has 0 spiro atoms. The van der Waals surface area contributed by atoms with Gasteiger partial charge in [0, 0.05) is 19.3 Å². The van der Waals surface area contributed by atoms with E-state index in [0.29, 0.717) is 0 Å². The van der Waals surface area contributed by atoms with Gasteiger partial charge in [-0.2, -0.15) is 12.6 Å². The fourth-order valence-electron chi connectivity index (χ4n) is 0.504. The zero-order chi connectivity index (χ0) is 5.11. The molecule has 0 aromatic rings. The lowest BCUT2D eigenvalue weighted by Gasteiger charge is -2.09. The Bertz CT molecular complexity index is 81.8. The van der Waals surface area contributed by atoms with Gasteiger partial charge >= 0.3 is 0 Å². The zero-order valence-corrected chi connectivity index (χ0v) is 4.86. The lowest BCUT2D eigenvalue weighted by Crippen LogP contribution is -2.28. The molecule has 0 radical (unpaired) electrons. The molecule has 0 fully saturated rings. The van der Waals surface area contributed by atoms with Gasteiger partial charge < -0.3 is 5.32 Å². The Balaban J connectivity index is 2.36. The molecule has 40 valence electrons. The molecule has 0 aromatic heterocycles. The number of hydrogen-bond donors (Lipinski definition) is 2. The fourth-order valence-corrected chi connectivity index (χ4v) is 0.727. The Kier molecular flexibility index (Phi) is 1.70. The minimum absolute atomic E-state index is 0.189. The molecule has 0 aromatic carbocycles. The maximum Gasteiger partial charge on any atom is 0.104 e. The summed E-state index contributed by atoms with van der Waals surface area (Å²) in [5.41, 5.74) is 0. The van der Waals surface area contributed by atoms with Crippen molar-refractivity contribution in [3.05, 3.63) is 0 Å². The van der Waals surface area contributed by atoms with Crippen molar-refractivity contribution in [1.29, 1.82) is 0 Å². The van der Waals surface area contributed by atoms with E-state index in [1.165, 1.54) is 0 Å². The summed E-state index contributed by atoms with van der Waals surface area (Å²) < 4.78 is 0. The SMILES string of the molecule is SC1CNCC=N1. The summed E-state index contributed by atoms with van der Waals surface area (Å²) in [6, 6.07) is 0. The fraction of sp³-hybridized carbons (Fsp3) is 0.750. The second-order valence-corrected chi connectivity index (χ2v) is 2.07. The first kappa shape index (κ1) is 5.12. The van der Waals surface area contributed by atoms with Crippen molar-refractivity contribution in [2.24, 2.45) is 4.99 Å². The minimum Gasteiger partial charge on any atom is -0.309 e. The van der Waals surface area contributed by atoms with E-state index in [2.05, 4.69) is 22.9 Å². The van der Waals surface area contributed by atoms with Crippen molar-refractivity contribution in [3.63, 3.8) is 0 Å². The third-order valence-corrected chi connectivity index (χ3v) is 1.16. The molecule has 1 aliphatic heterocycles. The van der Waals surface area contributed by atoms with Crippen LogP contribution in [0.15, 0.2) is 4.99 Å². The van der Waals surface area contributed by atoms with E-state index < -0.39 is 0 Å². The third-order valence-electron chi connectivity index (χ3n) is 0.840. The minimum atomic E-state index is 0.189. The Morgan fingerprint density at radius 3 is 3.00 bits per heavy atom. The van der Waals surface area contributed by atoms with Gasteiger partial charge in [0.05, 0.1) is 0 Å². The van der Waals surface area contributed by atoms with Gasteiger partial charge in [-0.05, 0) is 0 Å². The molecule has 0 amide bonds. The highest BCUT2D eigenvalue weighted by molar-refractivity contribution is 7.81. The molecular formula is C4H8N2S. The molecule has 2 nitrogen and oxygen atoms in total. The van der Waals surface area contributed by atoms with Gasteiger partial charge in [0.1, 0.15) is 5.37 Å². The number of nitrogens with zero attached hydrogens (tertiary/aromatic N) is 1.